The Morgan fingerprint density at radius 1 is 1.13 bits per heavy atom. The van der Waals surface area contributed by atoms with Crippen LogP contribution in [0.15, 0.2) is 57.5 Å². The van der Waals surface area contributed by atoms with Crippen LogP contribution in [0.2, 0.25) is 0 Å². The number of hydrogen-bond acceptors (Lipinski definition) is 7. The largest absolute Gasteiger partial charge is 0.459 e. The molecule has 0 bridgehead atoms. The third-order valence-corrected chi connectivity index (χ3v) is 4.77. The van der Waals surface area contributed by atoms with E-state index in [1.165, 1.54) is 29.4 Å². The van der Waals surface area contributed by atoms with Gasteiger partial charge in [0.2, 0.25) is 5.13 Å². The van der Waals surface area contributed by atoms with Crippen molar-refractivity contribution in [3.8, 4) is 0 Å². The first-order valence-electron chi connectivity index (χ1n) is 6.62. The van der Waals surface area contributed by atoms with Gasteiger partial charge in [0, 0.05) is 5.56 Å². The maximum Gasteiger partial charge on any atom is 0.293 e. The second kappa shape index (κ2) is 7.21. The number of nitrogens with zero attached hydrogens (tertiary/aromatic N) is 2. The molecular formula is C15H11N3O3S2. The summed E-state index contributed by atoms with van der Waals surface area (Å²) in [6.45, 7) is 0. The second-order valence-corrected chi connectivity index (χ2v) is 6.58. The van der Waals surface area contributed by atoms with Crippen LogP contribution in [-0.4, -0.2) is 27.6 Å². The van der Waals surface area contributed by atoms with Crippen molar-refractivity contribution in [3.05, 3.63) is 60.1 Å². The highest BCUT2D eigenvalue weighted by molar-refractivity contribution is 8.01. The summed E-state index contributed by atoms with van der Waals surface area (Å²) in [6, 6.07) is 12.3. The number of amides is 1. The van der Waals surface area contributed by atoms with Crippen molar-refractivity contribution < 1.29 is 14.0 Å². The number of carbonyl (C=O) groups is 2. The van der Waals surface area contributed by atoms with Crippen LogP contribution in [0.25, 0.3) is 0 Å². The van der Waals surface area contributed by atoms with E-state index in [0.717, 1.165) is 0 Å². The molecular weight excluding hydrogens is 334 g/mol. The van der Waals surface area contributed by atoms with Crippen LogP contribution in [-0.2, 0) is 0 Å². The lowest BCUT2D eigenvalue weighted by Gasteiger charge is -1.98. The van der Waals surface area contributed by atoms with Crippen LogP contribution in [0, 0.1) is 0 Å². The van der Waals surface area contributed by atoms with Crippen molar-refractivity contribution in [3.63, 3.8) is 0 Å². The summed E-state index contributed by atoms with van der Waals surface area (Å²) in [5.41, 5.74) is 0.663. The number of hydrogen-bond donors (Lipinski definition) is 1. The summed E-state index contributed by atoms with van der Waals surface area (Å²) in [6.07, 6.45) is 1.42. The van der Waals surface area contributed by atoms with Gasteiger partial charge in [0.05, 0.1) is 12.0 Å². The Bertz CT molecular complexity index is 801. The second-order valence-electron chi connectivity index (χ2n) is 4.38. The number of anilines is 1. The average Bonchev–Trinajstić information content (AvgIpc) is 3.25. The van der Waals surface area contributed by atoms with E-state index in [-0.39, 0.29) is 23.2 Å². The first kappa shape index (κ1) is 15.4. The Labute approximate surface area is 139 Å². The first-order chi connectivity index (χ1) is 11.2. The Balaban J connectivity index is 1.55. The topological polar surface area (TPSA) is 85.1 Å². The quantitative estimate of drug-likeness (QED) is 0.419. The molecule has 3 rings (SSSR count). The molecule has 0 saturated heterocycles. The van der Waals surface area contributed by atoms with Gasteiger partial charge in [0.25, 0.3) is 5.91 Å². The van der Waals surface area contributed by atoms with E-state index in [4.69, 9.17) is 4.42 Å². The number of ketones is 1. The summed E-state index contributed by atoms with van der Waals surface area (Å²) in [5.74, 6) is 0.105. The number of Topliss-reactive ketones (excluding diaryl/α,β-unsaturated/α-hetero) is 1. The molecule has 8 heteroatoms. The molecule has 1 aromatic carbocycles. The lowest BCUT2D eigenvalue weighted by molar-refractivity contribution is 0.0994. The molecule has 0 aliphatic heterocycles. The molecule has 1 amide bonds. The zero-order valence-electron chi connectivity index (χ0n) is 11.8. The molecule has 0 aliphatic carbocycles. The SMILES string of the molecule is O=C(CSc1nnc(NC(=O)c2ccco2)s1)c1ccccc1. The summed E-state index contributed by atoms with van der Waals surface area (Å²) >= 11 is 2.50. The smallest absolute Gasteiger partial charge is 0.293 e. The van der Waals surface area contributed by atoms with Gasteiger partial charge in [-0.3, -0.25) is 14.9 Å². The molecule has 3 aromatic rings. The highest BCUT2D eigenvalue weighted by Gasteiger charge is 2.13. The lowest BCUT2D eigenvalue weighted by Crippen LogP contribution is -2.10. The Morgan fingerprint density at radius 3 is 2.70 bits per heavy atom. The maximum atomic E-state index is 12.0. The van der Waals surface area contributed by atoms with Gasteiger partial charge in [0.15, 0.2) is 15.9 Å². The van der Waals surface area contributed by atoms with Crippen molar-refractivity contribution in [2.24, 2.45) is 0 Å². The monoisotopic (exact) mass is 345 g/mol. The van der Waals surface area contributed by atoms with Gasteiger partial charge < -0.3 is 4.42 Å². The highest BCUT2D eigenvalue weighted by Crippen LogP contribution is 2.26. The van der Waals surface area contributed by atoms with Crippen LogP contribution >= 0.6 is 23.1 Å². The summed E-state index contributed by atoms with van der Waals surface area (Å²) in [7, 11) is 0. The molecule has 0 unspecified atom stereocenters. The van der Waals surface area contributed by atoms with Crippen LogP contribution in [0.1, 0.15) is 20.9 Å². The van der Waals surface area contributed by atoms with Gasteiger partial charge in [-0.25, -0.2) is 0 Å². The predicted octanol–water partition coefficient (Wildman–Crippen LogP) is 3.36. The standard InChI is InChI=1S/C15H11N3O3S2/c19-11(10-5-2-1-3-6-10)9-22-15-18-17-14(23-15)16-13(20)12-7-4-8-21-12/h1-8H,9H2,(H,16,17,20). The number of furan rings is 1. The summed E-state index contributed by atoms with van der Waals surface area (Å²) in [5, 5.41) is 10.8. The third kappa shape index (κ3) is 4.05. The Hall–Kier alpha value is -2.45. The number of nitrogens with one attached hydrogen (secondary N) is 1. The zero-order valence-corrected chi connectivity index (χ0v) is 13.4. The average molecular weight is 345 g/mol. The minimum Gasteiger partial charge on any atom is -0.459 e. The number of thioether (sulfide) groups is 1. The van der Waals surface area contributed by atoms with Gasteiger partial charge in [-0.2, -0.15) is 0 Å². The van der Waals surface area contributed by atoms with E-state index in [1.54, 1.807) is 24.3 Å². The van der Waals surface area contributed by atoms with Gasteiger partial charge in [-0.1, -0.05) is 53.4 Å². The fourth-order valence-electron chi connectivity index (χ4n) is 1.72. The van der Waals surface area contributed by atoms with Crippen molar-refractivity contribution in [1.82, 2.24) is 10.2 Å². The van der Waals surface area contributed by atoms with Gasteiger partial charge >= 0.3 is 0 Å². The summed E-state index contributed by atoms with van der Waals surface area (Å²) < 4.78 is 5.61. The number of rotatable bonds is 6. The molecule has 0 fully saturated rings. The summed E-state index contributed by atoms with van der Waals surface area (Å²) in [4.78, 5) is 23.8. The minimum atomic E-state index is -0.386. The Morgan fingerprint density at radius 2 is 1.96 bits per heavy atom. The molecule has 2 aromatic heterocycles. The van der Waals surface area contributed by atoms with Gasteiger partial charge in [-0.15, -0.1) is 10.2 Å². The van der Waals surface area contributed by atoms with E-state index in [0.29, 0.717) is 15.0 Å². The molecule has 0 aliphatic rings. The van der Waals surface area contributed by atoms with Crippen LogP contribution in [0.4, 0.5) is 5.13 Å². The molecule has 23 heavy (non-hydrogen) atoms. The zero-order chi connectivity index (χ0) is 16.1. The fourth-order valence-corrected chi connectivity index (χ4v) is 3.36. The highest BCUT2D eigenvalue weighted by atomic mass is 32.2. The Kier molecular flexibility index (Phi) is 4.84. The number of benzene rings is 1. The van der Waals surface area contributed by atoms with Crippen molar-refractivity contribution in [1.29, 1.82) is 0 Å². The normalized spacial score (nSPS) is 10.4. The van der Waals surface area contributed by atoms with Gasteiger partial charge in [0.1, 0.15) is 0 Å². The number of carbonyl (C=O) groups excluding carboxylic acids is 2. The third-order valence-electron chi connectivity index (χ3n) is 2.79. The van der Waals surface area contributed by atoms with Crippen molar-refractivity contribution >= 4 is 39.9 Å². The molecule has 1 N–H and O–H groups in total. The fraction of sp³-hybridized carbons (Fsp3) is 0.0667. The van der Waals surface area contributed by atoms with Crippen LogP contribution in [0.5, 0.6) is 0 Å². The van der Waals surface area contributed by atoms with E-state index >= 15 is 0 Å². The van der Waals surface area contributed by atoms with Crippen molar-refractivity contribution in [2.45, 2.75) is 4.34 Å². The van der Waals surface area contributed by atoms with E-state index in [1.807, 2.05) is 18.2 Å². The molecule has 6 nitrogen and oxygen atoms in total. The van der Waals surface area contributed by atoms with Crippen LogP contribution < -0.4 is 5.32 Å². The molecule has 0 spiro atoms. The molecule has 0 saturated carbocycles. The van der Waals surface area contributed by atoms with Crippen molar-refractivity contribution in [2.75, 3.05) is 11.1 Å². The number of aromatic nitrogens is 2. The van der Waals surface area contributed by atoms with Crippen LogP contribution in [0.3, 0.4) is 0 Å². The first-order valence-corrected chi connectivity index (χ1v) is 8.42. The van der Waals surface area contributed by atoms with E-state index in [2.05, 4.69) is 15.5 Å². The molecule has 116 valence electrons. The van der Waals surface area contributed by atoms with E-state index in [9.17, 15) is 9.59 Å². The predicted molar refractivity (Wildman–Crippen MR) is 88.1 cm³/mol. The minimum absolute atomic E-state index is 0.0203. The van der Waals surface area contributed by atoms with Gasteiger partial charge in [-0.05, 0) is 12.1 Å². The molecule has 0 radical (unpaired) electrons. The lowest BCUT2D eigenvalue weighted by atomic mass is 10.2. The maximum absolute atomic E-state index is 12.0. The molecule has 2 heterocycles. The molecule has 0 atom stereocenters. The van der Waals surface area contributed by atoms with E-state index < -0.39 is 0 Å².